The maximum Gasteiger partial charge on any atom is 0.0880 e. The van der Waals surface area contributed by atoms with Gasteiger partial charge in [0.25, 0.3) is 0 Å². The number of hydrogen-bond acceptors (Lipinski definition) is 3. The molecule has 3 rings (SSSR count). The van der Waals surface area contributed by atoms with Gasteiger partial charge in [-0.25, -0.2) is 5.06 Å². The number of unbranched alkanes of at least 4 members (excludes halogenated alkanes) is 1. The smallest absolute Gasteiger partial charge is 0.0880 e. The lowest BCUT2D eigenvalue weighted by Crippen LogP contribution is -2.22. The summed E-state index contributed by atoms with van der Waals surface area (Å²) in [6, 6.07) is 14.7. The molecule has 0 bridgehead atoms. The normalized spacial score (nSPS) is 21.7. The minimum Gasteiger partial charge on any atom is -0.269 e. The molecule has 2 aromatic rings. The third kappa shape index (κ3) is 3.24. The van der Waals surface area contributed by atoms with Gasteiger partial charge < -0.3 is 0 Å². The van der Waals surface area contributed by atoms with Gasteiger partial charge in [-0.05, 0) is 30.2 Å². The zero-order valence-electron chi connectivity index (χ0n) is 12.5. The number of anilines is 1. The molecule has 1 aromatic heterocycles. The van der Waals surface area contributed by atoms with E-state index in [0.717, 1.165) is 18.5 Å². The van der Waals surface area contributed by atoms with Crippen LogP contribution in [0.3, 0.4) is 0 Å². The van der Waals surface area contributed by atoms with Crippen LogP contribution in [0.25, 0.3) is 0 Å². The van der Waals surface area contributed by atoms with Gasteiger partial charge in [-0.1, -0.05) is 44.0 Å². The van der Waals surface area contributed by atoms with E-state index in [4.69, 9.17) is 4.84 Å². The summed E-state index contributed by atoms with van der Waals surface area (Å²) in [4.78, 5) is 10.5. The largest absolute Gasteiger partial charge is 0.269 e. The molecular formula is C18H22N2O. The molecule has 0 saturated carbocycles. The van der Waals surface area contributed by atoms with Crippen molar-refractivity contribution in [3.8, 4) is 0 Å². The summed E-state index contributed by atoms with van der Waals surface area (Å²) in [6.45, 7) is 2.22. The topological polar surface area (TPSA) is 25.4 Å². The number of rotatable bonds is 5. The Morgan fingerprint density at radius 3 is 2.76 bits per heavy atom. The molecular weight excluding hydrogens is 260 g/mol. The fourth-order valence-electron chi connectivity index (χ4n) is 2.88. The molecule has 0 spiro atoms. The molecule has 0 N–H and O–H groups in total. The molecule has 1 fully saturated rings. The van der Waals surface area contributed by atoms with Gasteiger partial charge in [0.1, 0.15) is 0 Å². The third-order valence-corrected chi connectivity index (χ3v) is 3.99. The number of benzene rings is 1. The standard InChI is InChI=1S/C18H22N2O/c1-2-3-11-17-13-18(15-8-7-12-19-14-15)20(21-17)16-9-5-4-6-10-16/h4-10,12,14,17-18H,2-3,11,13H2,1H3. The van der Waals surface area contributed by atoms with Gasteiger partial charge in [0, 0.05) is 18.8 Å². The van der Waals surface area contributed by atoms with E-state index < -0.39 is 0 Å². The lowest BCUT2D eigenvalue weighted by Gasteiger charge is -2.24. The first-order valence-electron chi connectivity index (χ1n) is 7.79. The van der Waals surface area contributed by atoms with Crippen LogP contribution in [-0.2, 0) is 4.84 Å². The van der Waals surface area contributed by atoms with Crippen molar-refractivity contribution in [3.63, 3.8) is 0 Å². The highest BCUT2D eigenvalue weighted by atomic mass is 16.7. The van der Waals surface area contributed by atoms with Gasteiger partial charge in [0.15, 0.2) is 0 Å². The average molecular weight is 282 g/mol. The van der Waals surface area contributed by atoms with E-state index in [2.05, 4.69) is 47.3 Å². The van der Waals surface area contributed by atoms with Crippen molar-refractivity contribution in [3.05, 3.63) is 60.4 Å². The molecule has 1 aromatic carbocycles. The first-order valence-corrected chi connectivity index (χ1v) is 7.79. The molecule has 2 unspecified atom stereocenters. The predicted molar refractivity (Wildman–Crippen MR) is 84.9 cm³/mol. The van der Waals surface area contributed by atoms with E-state index in [1.165, 1.54) is 18.4 Å². The summed E-state index contributed by atoms with van der Waals surface area (Å²) in [6.07, 6.45) is 8.65. The second kappa shape index (κ2) is 6.72. The van der Waals surface area contributed by atoms with Crippen LogP contribution in [0.1, 0.15) is 44.2 Å². The van der Waals surface area contributed by atoms with E-state index in [-0.39, 0.29) is 6.04 Å². The highest BCUT2D eigenvalue weighted by Crippen LogP contribution is 2.38. The second-order valence-corrected chi connectivity index (χ2v) is 5.57. The van der Waals surface area contributed by atoms with Crippen molar-refractivity contribution in [1.82, 2.24) is 4.98 Å². The molecule has 3 heteroatoms. The Labute approximate surface area is 126 Å². The van der Waals surface area contributed by atoms with Crippen LogP contribution in [0.5, 0.6) is 0 Å². The van der Waals surface area contributed by atoms with E-state index in [0.29, 0.717) is 6.10 Å². The molecule has 110 valence electrons. The summed E-state index contributed by atoms with van der Waals surface area (Å²) in [5.74, 6) is 0. The first-order chi connectivity index (χ1) is 10.4. The first kappa shape index (κ1) is 14.1. The molecule has 2 heterocycles. The molecule has 1 aliphatic rings. The minimum absolute atomic E-state index is 0.253. The van der Waals surface area contributed by atoms with Crippen LogP contribution in [0.2, 0.25) is 0 Å². The van der Waals surface area contributed by atoms with Crippen LogP contribution in [0, 0.1) is 0 Å². The molecule has 21 heavy (non-hydrogen) atoms. The quantitative estimate of drug-likeness (QED) is 0.806. The molecule has 2 atom stereocenters. The fourth-order valence-corrected chi connectivity index (χ4v) is 2.88. The van der Waals surface area contributed by atoms with Gasteiger partial charge in [0.05, 0.1) is 17.8 Å². The van der Waals surface area contributed by atoms with Gasteiger partial charge in [-0.15, -0.1) is 0 Å². The van der Waals surface area contributed by atoms with Crippen LogP contribution in [0.4, 0.5) is 5.69 Å². The van der Waals surface area contributed by atoms with E-state index in [9.17, 15) is 0 Å². The Hall–Kier alpha value is -1.87. The Kier molecular flexibility index (Phi) is 4.51. The molecule has 1 aliphatic heterocycles. The van der Waals surface area contributed by atoms with Crippen molar-refractivity contribution < 1.29 is 4.84 Å². The lowest BCUT2D eigenvalue weighted by atomic mass is 10.0. The van der Waals surface area contributed by atoms with Crippen molar-refractivity contribution >= 4 is 5.69 Å². The second-order valence-electron chi connectivity index (χ2n) is 5.57. The van der Waals surface area contributed by atoms with Crippen molar-refractivity contribution in [2.24, 2.45) is 0 Å². The zero-order chi connectivity index (χ0) is 14.5. The van der Waals surface area contributed by atoms with Crippen LogP contribution < -0.4 is 5.06 Å². The Balaban J connectivity index is 1.84. The maximum atomic E-state index is 6.22. The average Bonchev–Trinajstić information content (AvgIpc) is 2.99. The maximum absolute atomic E-state index is 6.22. The summed E-state index contributed by atoms with van der Waals surface area (Å²) in [5.41, 5.74) is 2.34. The van der Waals surface area contributed by atoms with Crippen LogP contribution in [0.15, 0.2) is 54.9 Å². The van der Waals surface area contributed by atoms with Gasteiger partial charge >= 0.3 is 0 Å². The van der Waals surface area contributed by atoms with E-state index in [1.54, 1.807) is 0 Å². The van der Waals surface area contributed by atoms with E-state index in [1.807, 2.05) is 24.5 Å². The minimum atomic E-state index is 0.253. The third-order valence-electron chi connectivity index (χ3n) is 3.99. The predicted octanol–water partition coefficient (Wildman–Crippen LogP) is 4.52. The van der Waals surface area contributed by atoms with Crippen LogP contribution >= 0.6 is 0 Å². The van der Waals surface area contributed by atoms with Crippen molar-refractivity contribution in [2.45, 2.75) is 44.8 Å². The highest BCUT2D eigenvalue weighted by molar-refractivity contribution is 5.46. The summed E-state index contributed by atoms with van der Waals surface area (Å²) < 4.78 is 0. The Morgan fingerprint density at radius 1 is 1.19 bits per heavy atom. The summed E-state index contributed by atoms with van der Waals surface area (Å²) in [5, 5.41) is 2.07. The Bertz CT molecular complexity index is 496. The van der Waals surface area contributed by atoms with Crippen molar-refractivity contribution in [1.29, 1.82) is 0 Å². The number of para-hydroxylation sites is 1. The fraction of sp³-hybridized carbons (Fsp3) is 0.389. The number of nitrogens with zero attached hydrogens (tertiary/aromatic N) is 2. The zero-order valence-corrected chi connectivity index (χ0v) is 12.5. The van der Waals surface area contributed by atoms with Gasteiger partial charge in [0.2, 0.25) is 0 Å². The van der Waals surface area contributed by atoms with Gasteiger partial charge in [-0.2, -0.15) is 0 Å². The molecule has 3 nitrogen and oxygen atoms in total. The molecule has 1 saturated heterocycles. The monoisotopic (exact) mass is 282 g/mol. The van der Waals surface area contributed by atoms with E-state index >= 15 is 0 Å². The van der Waals surface area contributed by atoms with Crippen LogP contribution in [-0.4, -0.2) is 11.1 Å². The van der Waals surface area contributed by atoms with Gasteiger partial charge in [-0.3, -0.25) is 9.82 Å². The SMILES string of the molecule is CCCCC1CC(c2cccnc2)N(c2ccccc2)O1. The molecule has 0 amide bonds. The number of hydroxylamine groups is 1. The molecule has 0 radical (unpaired) electrons. The molecule has 0 aliphatic carbocycles. The number of hydrogen-bond donors (Lipinski definition) is 0. The summed E-state index contributed by atoms with van der Waals surface area (Å²) in [7, 11) is 0. The number of pyridine rings is 1. The van der Waals surface area contributed by atoms with Crippen molar-refractivity contribution in [2.75, 3.05) is 5.06 Å². The lowest BCUT2D eigenvalue weighted by molar-refractivity contribution is 0.0762. The highest BCUT2D eigenvalue weighted by Gasteiger charge is 2.34. The Morgan fingerprint density at radius 2 is 2.05 bits per heavy atom. The number of aromatic nitrogens is 1. The summed E-state index contributed by atoms with van der Waals surface area (Å²) >= 11 is 0.